The van der Waals surface area contributed by atoms with Crippen molar-refractivity contribution in [2.75, 3.05) is 45.8 Å². The molecular formula is C22H37IN4O4. The molecule has 9 heteroatoms. The quantitative estimate of drug-likeness (QED) is 0.274. The molecule has 1 aliphatic heterocycles. The fourth-order valence-electron chi connectivity index (χ4n) is 3.16. The Morgan fingerprint density at radius 1 is 1.16 bits per heavy atom. The van der Waals surface area contributed by atoms with Crippen LogP contribution in [0, 0.1) is 0 Å². The van der Waals surface area contributed by atoms with Gasteiger partial charge in [-0.3, -0.25) is 10.3 Å². The fraction of sp³-hybridized carbons (Fsp3) is 0.636. The Hall–Kier alpha value is -1.59. The highest BCUT2D eigenvalue weighted by molar-refractivity contribution is 14.0. The van der Waals surface area contributed by atoms with Gasteiger partial charge in [0, 0.05) is 59.0 Å². The molecule has 1 fully saturated rings. The maximum Gasteiger partial charge on any atom is 0.412 e. The lowest BCUT2D eigenvalue weighted by Crippen LogP contribution is -2.51. The molecule has 2 rings (SSSR count). The van der Waals surface area contributed by atoms with Gasteiger partial charge in [0.15, 0.2) is 5.96 Å². The number of anilines is 1. The van der Waals surface area contributed by atoms with Crippen molar-refractivity contribution in [3.05, 3.63) is 29.8 Å². The number of carbonyl (C=O) groups excluding carboxylic acids is 1. The van der Waals surface area contributed by atoms with Gasteiger partial charge >= 0.3 is 6.09 Å². The highest BCUT2D eigenvalue weighted by Gasteiger charge is 2.32. The number of benzene rings is 1. The number of amides is 1. The molecular weight excluding hydrogens is 511 g/mol. The van der Waals surface area contributed by atoms with E-state index >= 15 is 0 Å². The van der Waals surface area contributed by atoms with Gasteiger partial charge in [0.05, 0.1) is 5.60 Å². The van der Waals surface area contributed by atoms with Crippen LogP contribution in [-0.2, 0) is 20.6 Å². The van der Waals surface area contributed by atoms with Crippen molar-refractivity contribution in [2.24, 2.45) is 4.99 Å². The summed E-state index contributed by atoms with van der Waals surface area (Å²) < 4.78 is 16.5. The number of nitrogens with one attached hydrogen (secondary N) is 3. The van der Waals surface area contributed by atoms with Gasteiger partial charge < -0.3 is 24.8 Å². The molecule has 8 nitrogen and oxygen atoms in total. The molecule has 3 N–H and O–H groups in total. The van der Waals surface area contributed by atoms with E-state index < -0.39 is 11.7 Å². The van der Waals surface area contributed by atoms with E-state index in [2.05, 4.69) is 20.9 Å². The van der Waals surface area contributed by atoms with E-state index in [4.69, 9.17) is 14.2 Å². The second-order valence-corrected chi connectivity index (χ2v) is 8.43. The summed E-state index contributed by atoms with van der Waals surface area (Å²) >= 11 is 0. The van der Waals surface area contributed by atoms with E-state index in [0.29, 0.717) is 12.2 Å². The molecule has 0 bridgehead atoms. The molecule has 1 saturated heterocycles. The molecule has 1 amide bonds. The van der Waals surface area contributed by atoms with Crippen LogP contribution < -0.4 is 16.0 Å². The zero-order valence-electron chi connectivity index (χ0n) is 19.2. The number of halogens is 1. The lowest BCUT2D eigenvalue weighted by molar-refractivity contribution is -0.0855. The lowest BCUT2D eigenvalue weighted by atomic mass is 9.94. The minimum Gasteiger partial charge on any atom is -0.444 e. The number of nitrogens with zero attached hydrogens (tertiary/aromatic N) is 1. The second kappa shape index (κ2) is 13.1. The Morgan fingerprint density at radius 3 is 2.35 bits per heavy atom. The van der Waals surface area contributed by atoms with E-state index in [1.54, 1.807) is 14.2 Å². The molecule has 0 spiro atoms. The molecule has 1 aliphatic rings. The van der Waals surface area contributed by atoms with E-state index in [1.165, 1.54) is 0 Å². The van der Waals surface area contributed by atoms with Crippen LogP contribution in [-0.4, -0.2) is 63.7 Å². The van der Waals surface area contributed by atoms with Crippen molar-refractivity contribution in [1.29, 1.82) is 0 Å². The summed E-state index contributed by atoms with van der Waals surface area (Å²) in [5.41, 5.74) is 1.15. The average molecular weight is 548 g/mol. The summed E-state index contributed by atoms with van der Waals surface area (Å²) in [5, 5.41) is 9.44. The van der Waals surface area contributed by atoms with Gasteiger partial charge in [0.1, 0.15) is 5.60 Å². The first kappa shape index (κ1) is 27.4. The maximum atomic E-state index is 11.8. The second-order valence-electron chi connectivity index (χ2n) is 8.43. The largest absolute Gasteiger partial charge is 0.444 e. The predicted molar refractivity (Wildman–Crippen MR) is 135 cm³/mol. The monoisotopic (exact) mass is 548 g/mol. The molecule has 0 aromatic heterocycles. The highest BCUT2D eigenvalue weighted by atomic mass is 127. The van der Waals surface area contributed by atoms with Crippen molar-refractivity contribution in [2.45, 2.75) is 51.2 Å². The Bertz CT molecular complexity index is 698. The number of aliphatic imine (C=N–C) groups is 1. The van der Waals surface area contributed by atoms with Gasteiger partial charge in [-0.05, 0) is 44.9 Å². The molecule has 0 aliphatic carbocycles. The maximum absolute atomic E-state index is 11.8. The first-order valence-electron chi connectivity index (χ1n) is 10.4. The SMILES string of the molecule is CN=C(NCCc1ccc(NC(=O)OC(C)(C)C)cc1)NCC1(OC)CCOCC1.I. The zero-order chi connectivity index (χ0) is 22.0. The Kier molecular flexibility index (Phi) is 11.6. The highest BCUT2D eigenvalue weighted by Crippen LogP contribution is 2.23. The molecule has 31 heavy (non-hydrogen) atoms. The minimum atomic E-state index is -0.518. The van der Waals surface area contributed by atoms with E-state index in [9.17, 15) is 4.79 Å². The lowest BCUT2D eigenvalue weighted by Gasteiger charge is -2.36. The van der Waals surface area contributed by atoms with Crippen molar-refractivity contribution in [3.8, 4) is 0 Å². The molecule has 0 unspecified atom stereocenters. The van der Waals surface area contributed by atoms with Crippen LogP contribution in [0.5, 0.6) is 0 Å². The van der Waals surface area contributed by atoms with Gasteiger partial charge in [-0.25, -0.2) is 4.79 Å². The zero-order valence-corrected chi connectivity index (χ0v) is 21.6. The first-order chi connectivity index (χ1) is 14.3. The minimum absolute atomic E-state index is 0. The van der Waals surface area contributed by atoms with Gasteiger partial charge in [-0.1, -0.05) is 12.1 Å². The number of ether oxygens (including phenoxy) is 3. The van der Waals surface area contributed by atoms with Crippen LogP contribution in [0.2, 0.25) is 0 Å². The molecule has 1 aromatic carbocycles. The van der Waals surface area contributed by atoms with Gasteiger partial charge in [0.2, 0.25) is 0 Å². The number of guanidine groups is 1. The van der Waals surface area contributed by atoms with Crippen LogP contribution in [0.1, 0.15) is 39.2 Å². The van der Waals surface area contributed by atoms with E-state index in [-0.39, 0.29) is 29.6 Å². The van der Waals surface area contributed by atoms with Gasteiger partial charge in [-0.15, -0.1) is 24.0 Å². The number of methoxy groups -OCH3 is 1. The van der Waals surface area contributed by atoms with Gasteiger partial charge in [0.25, 0.3) is 0 Å². The third-order valence-corrected chi connectivity index (χ3v) is 4.94. The number of hydrogen-bond acceptors (Lipinski definition) is 5. The van der Waals surface area contributed by atoms with E-state index in [0.717, 1.165) is 50.5 Å². The van der Waals surface area contributed by atoms with Crippen molar-refractivity contribution in [1.82, 2.24) is 10.6 Å². The van der Waals surface area contributed by atoms with Crippen molar-refractivity contribution < 1.29 is 19.0 Å². The first-order valence-corrected chi connectivity index (χ1v) is 10.4. The average Bonchev–Trinajstić information content (AvgIpc) is 2.71. The van der Waals surface area contributed by atoms with E-state index in [1.807, 2.05) is 45.0 Å². The summed E-state index contributed by atoms with van der Waals surface area (Å²) in [5.74, 6) is 0.751. The number of carbonyl (C=O) groups is 1. The Balaban J connectivity index is 0.00000480. The predicted octanol–water partition coefficient (Wildman–Crippen LogP) is 3.55. The molecule has 0 atom stereocenters. The molecule has 1 aromatic rings. The Labute approximate surface area is 202 Å². The van der Waals surface area contributed by atoms with Crippen LogP contribution in [0.3, 0.4) is 0 Å². The summed E-state index contributed by atoms with van der Waals surface area (Å²) in [6.45, 7) is 8.39. The number of rotatable bonds is 7. The van der Waals surface area contributed by atoms with Crippen molar-refractivity contribution >= 4 is 41.7 Å². The third-order valence-electron chi connectivity index (χ3n) is 4.94. The smallest absolute Gasteiger partial charge is 0.412 e. The molecule has 1 heterocycles. The van der Waals surface area contributed by atoms with Crippen LogP contribution >= 0.6 is 24.0 Å². The summed E-state index contributed by atoms with van der Waals surface area (Å²) in [7, 11) is 3.51. The standard InChI is InChI=1S/C22H36N4O4.HI/c1-21(2,3)30-20(27)26-18-8-6-17(7-9-18)10-13-24-19(23-4)25-16-22(28-5)11-14-29-15-12-22;/h6-9H,10-16H2,1-5H3,(H,26,27)(H2,23,24,25);1H. The molecule has 0 radical (unpaired) electrons. The summed E-state index contributed by atoms with van der Waals surface area (Å²) in [6, 6.07) is 7.73. The van der Waals surface area contributed by atoms with Gasteiger partial charge in [-0.2, -0.15) is 0 Å². The fourth-order valence-corrected chi connectivity index (χ4v) is 3.16. The van der Waals surface area contributed by atoms with Crippen LogP contribution in [0.15, 0.2) is 29.3 Å². The summed E-state index contributed by atoms with van der Waals surface area (Å²) in [6.07, 6.45) is 2.12. The topological polar surface area (TPSA) is 93.2 Å². The van der Waals surface area contributed by atoms with Crippen molar-refractivity contribution in [3.63, 3.8) is 0 Å². The van der Waals surface area contributed by atoms with Crippen LogP contribution in [0.25, 0.3) is 0 Å². The summed E-state index contributed by atoms with van der Waals surface area (Å²) in [4.78, 5) is 16.1. The number of hydrogen-bond donors (Lipinski definition) is 3. The molecule has 176 valence electrons. The Morgan fingerprint density at radius 2 is 1.81 bits per heavy atom. The molecule has 0 saturated carbocycles. The normalized spacial score (nSPS) is 16.1. The van der Waals surface area contributed by atoms with Crippen LogP contribution in [0.4, 0.5) is 10.5 Å². The third kappa shape index (κ3) is 10.0.